The van der Waals surface area contributed by atoms with E-state index in [0.717, 1.165) is 5.56 Å². The number of aryl methyl sites for hydroxylation is 1. The van der Waals surface area contributed by atoms with E-state index < -0.39 is 53.1 Å². The first-order valence-corrected chi connectivity index (χ1v) is 16.9. The highest BCUT2D eigenvalue weighted by atomic mass is 19.4. The van der Waals surface area contributed by atoms with Gasteiger partial charge in [0, 0.05) is 61.4 Å². The Bertz CT molecular complexity index is 1660. The number of carboxylic acid groups (broad SMARTS) is 1. The Morgan fingerprint density at radius 2 is 1.43 bits per heavy atom. The Morgan fingerprint density at radius 3 is 1.88 bits per heavy atom. The van der Waals surface area contributed by atoms with Crippen molar-refractivity contribution in [3.8, 4) is 11.1 Å². The molecule has 51 heavy (non-hydrogen) atoms. The molecule has 3 aromatic rings. The van der Waals surface area contributed by atoms with E-state index in [2.05, 4.69) is 15.1 Å². The van der Waals surface area contributed by atoms with Crippen molar-refractivity contribution in [1.29, 1.82) is 0 Å². The number of halogens is 6. The van der Waals surface area contributed by atoms with Gasteiger partial charge in [-0.05, 0) is 82.1 Å². The van der Waals surface area contributed by atoms with Gasteiger partial charge in [0.15, 0.2) is 0 Å². The topological polar surface area (TPSA) is 114 Å². The van der Waals surface area contributed by atoms with Crippen molar-refractivity contribution >= 4 is 18.0 Å². The summed E-state index contributed by atoms with van der Waals surface area (Å²) in [4.78, 5) is 37.6. The maximum Gasteiger partial charge on any atom is 0.416 e. The van der Waals surface area contributed by atoms with Gasteiger partial charge in [0.05, 0.1) is 22.7 Å². The van der Waals surface area contributed by atoms with E-state index in [1.54, 1.807) is 47.8 Å². The molecule has 0 spiro atoms. The first-order chi connectivity index (χ1) is 23.8. The number of ether oxygens (including phenoxy) is 1. The summed E-state index contributed by atoms with van der Waals surface area (Å²) in [5.41, 5.74) is -2.67. The van der Waals surface area contributed by atoms with Gasteiger partial charge >= 0.3 is 24.4 Å². The predicted molar refractivity (Wildman–Crippen MR) is 174 cm³/mol. The number of amides is 1. The SMILES string of the molecule is CC[C@@H]1C[C@H](N(Cc2cc(C(F)(F)F)cc(C(F)(F)F)c2)c2ncc(-c3cnn(C)c3)cn2)C[C@H](CC)N1C(=O)O[C@H]1C[C@H](C(C)(C)C(=O)O)C1. The second kappa shape index (κ2) is 14.3. The molecule has 2 aromatic heterocycles. The Morgan fingerprint density at radius 1 is 0.882 bits per heavy atom. The summed E-state index contributed by atoms with van der Waals surface area (Å²) in [6.07, 6.45) is -2.09. The smallest absolute Gasteiger partial charge is 0.416 e. The third kappa shape index (κ3) is 8.25. The van der Waals surface area contributed by atoms with E-state index >= 15 is 0 Å². The van der Waals surface area contributed by atoms with Crippen LogP contribution in [0, 0.1) is 11.3 Å². The van der Waals surface area contributed by atoms with E-state index in [1.807, 2.05) is 13.8 Å². The largest absolute Gasteiger partial charge is 0.481 e. The summed E-state index contributed by atoms with van der Waals surface area (Å²) in [6, 6.07) is 0.301. The monoisotopic (exact) mass is 724 g/mol. The van der Waals surface area contributed by atoms with E-state index in [0.29, 0.717) is 56.2 Å². The molecule has 1 aliphatic carbocycles. The highest BCUT2D eigenvalue weighted by Crippen LogP contribution is 2.44. The van der Waals surface area contributed by atoms with Crippen LogP contribution in [0.4, 0.5) is 37.1 Å². The lowest BCUT2D eigenvalue weighted by Crippen LogP contribution is -2.58. The Kier molecular flexibility index (Phi) is 10.6. The number of hydrogen-bond donors (Lipinski definition) is 1. The maximum absolute atomic E-state index is 13.8. The number of anilines is 1. The lowest BCUT2D eigenvalue weighted by Gasteiger charge is -2.49. The number of benzene rings is 1. The van der Waals surface area contributed by atoms with Gasteiger partial charge < -0.3 is 19.6 Å². The molecule has 1 saturated carbocycles. The molecule has 10 nitrogen and oxygen atoms in total. The van der Waals surface area contributed by atoms with Crippen molar-refractivity contribution in [2.75, 3.05) is 4.90 Å². The molecule has 1 N–H and O–H groups in total. The van der Waals surface area contributed by atoms with Crippen LogP contribution in [0.3, 0.4) is 0 Å². The number of piperidine rings is 1. The second-order valence-corrected chi connectivity index (χ2v) is 14.1. The van der Waals surface area contributed by atoms with Gasteiger partial charge in [0.25, 0.3) is 0 Å². The van der Waals surface area contributed by atoms with Crippen molar-refractivity contribution in [2.24, 2.45) is 18.4 Å². The summed E-state index contributed by atoms with van der Waals surface area (Å²) in [5, 5.41) is 13.7. The molecule has 16 heteroatoms. The molecular weight excluding hydrogens is 682 g/mol. The first-order valence-electron chi connectivity index (χ1n) is 16.9. The highest BCUT2D eigenvalue weighted by molar-refractivity contribution is 5.74. The van der Waals surface area contributed by atoms with Gasteiger partial charge in [-0.3, -0.25) is 9.48 Å². The van der Waals surface area contributed by atoms with Gasteiger partial charge in [-0.15, -0.1) is 0 Å². The average Bonchev–Trinajstić information content (AvgIpc) is 3.49. The van der Waals surface area contributed by atoms with Crippen LogP contribution in [-0.2, 0) is 35.5 Å². The molecule has 1 saturated heterocycles. The summed E-state index contributed by atoms with van der Waals surface area (Å²) < 4.78 is 90.4. The molecule has 0 unspecified atom stereocenters. The zero-order valence-electron chi connectivity index (χ0n) is 29.0. The molecule has 1 aromatic carbocycles. The molecule has 0 bridgehead atoms. The van der Waals surface area contributed by atoms with Crippen molar-refractivity contribution in [1.82, 2.24) is 24.6 Å². The molecule has 2 aliphatic rings. The fraction of sp³-hybridized carbons (Fsp3) is 0.571. The molecule has 278 valence electrons. The fourth-order valence-electron chi connectivity index (χ4n) is 7.02. The third-order valence-electron chi connectivity index (χ3n) is 10.3. The number of rotatable bonds is 10. The fourth-order valence-corrected chi connectivity index (χ4v) is 7.02. The van der Waals surface area contributed by atoms with Gasteiger partial charge in [-0.2, -0.15) is 31.4 Å². The third-order valence-corrected chi connectivity index (χ3v) is 10.3. The molecule has 5 rings (SSSR count). The standard InChI is InChI=1S/C35H42F6N6O4/c1-6-26-13-28(14-27(7-2)47(26)32(50)51-29-11-23(12-29)33(3,4)30(48)49)46(31-42-15-21(16-43-31)22-17-44-45(5)19-22)18-20-8-24(34(36,37)38)10-25(9-20)35(39,40)41/h8-10,15-17,19,23,26-29H,6-7,11-14,18H2,1-5H3,(H,48,49)/t23-,26-,27+,28+,29-. The summed E-state index contributed by atoms with van der Waals surface area (Å²) in [6.45, 7) is 6.72. The average molecular weight is 725 g/mol. The van der Waals surface area contributed by atoms with Gasteiger partial charge in [-0.1, -0.05) is 13.8 Å². The minimum absolute atomic E-state index is 0.102. The number of carbonyl (C=O) groups excluding carboxylic acids is 1. The zero-order valence-corrected chi connectivity index (χ0v) is 29.0. The molecular formula is C35H42F6N6O4. The molecule has 1 aliphatic heterocycles. The number of aliphatic carboxylic acids is 1. The number of aromatic nitrogens is 4. The van der Waals surface area contributed by atoms with Gasteiger partial charge in [0.2, 0.25) is 5.95 Å². The molecule has 3 heterocycles. The minimum Gasteiger partial charge on any atom is -0.481 e. The maximum atomic E-state index is 13.8. The van der Waals surface area contributed by atoms with Crippen LogP contribution < -0.4 is 4.90 Å². The number of nitrogens with zero attached hydrogens (tertiary/aromatic N) is 6. The molecule has 3 atom stereocenters. The predicted octanol–water partition coefficient (Wildman–Crippen LogP) is 7.97. The molecule has 2 fully saturated rings. The number of carbonyl (C=O) groups is 2. The normalized spacial score (nSPS) is 22.7. The van der Waals surface area contributed by atoms with E-state index in [4.69, 9.17) is 4.74 Å². The van der Waals surface area contributed by atoms with E-state index in [-0.39, 0.29) is 42.1 Å². The second-order valence-electron chi connectivity index (χ2n) is 14.1. The molecule has 1 amide bonds. The van der Waals surface area contributed by atoms with Crippen LogP contribution in [-0.4, -0.2) is 66.0 Å². The minimum atomic E-state index is -5.02. The summed E-state index contributed by atoms with van der Waals surface area (Å²) in [7, 11) is 1.74. The van der Waals surface area contributed by atoms with Gasteiger partial charge in [-0.25, -0.2) is 14.8 Å². The van der Waals surface area contributed by atoms with Crippen LogP contribution in [0.1, 0.15) is 82.9 Å². The van der Waals surface area contributed by atoms with Crippen LogP contribution in [0.2, 0.25) is 0 Å². The molecule has 0 radical (unpaired) electrons. The van der Waals surface area contributed by atoms with Crippen LogP contribution >= 0.6 is 0 Å². The Balaban J connectivity index is 1.44. The first kappa shape index (κ1) is 37.9. The van der Waals surface area contributed by atoms with Gasteiger partial charge in [0.1, 0.15) is 6.10 Å². The van der Waals surface area contributed by atoms with E-state index in [9.17, 15) is 41.0 Å². The Hall–Kier alpha value is -4.37. The highest BCUT2D eigenvalue weighted by Gasteiger charge is 2.48. The van der Waals surface area contributed by atoms with Crippen molar-refractivity contribution < 1.29 is 45.8 Å². The zero-order chi connectivity index (χ0) is 37.5. The van der Waals surface area contributed by atoms with Crippen LogP contribution in [0.15, 0.2) is 43.0 Å². The van der Waals surface area contributed by atoms with Crippen molar-refractivity contribution in [3.63, 3.8) is 0 Å². The van der Waals surface area contributed by atoms with Crippen molar-refractivity contribution in [3.05, 3.63) is 59.7 Å². The van der Waals surface area contributed by atoms with Crippen molar-refractivity contribution in [2.45, 2.75) is 109 Å². The Labute approximate surface area is 291 Å². The van der Waals surface area contributed by atoms with Crippen LogP contribution in [0.25, 0.3) is 11.1 Å². The summed E-state index contributed by atoms with van der Waals surface area (Å²) in [5.74, 6) is -0.952. The van der Waals surface area contributed by atoms with Crippen LogP contribution in [0.5, 0.6) is 0 Å². The number of hydrogen-bond acceptors (Lipinski definition) is 7. The summed E-state index contributed by atoms with van der Waals surface area (Å²) >= 11 is 0. The lowest BCUT2D eigenvalue weighted by molar-refractivity contribution is -0.155. The number of carboxylic acids is 1. The number of likely N-dealkylation sites (tertiary alicyclic amines) is 1. The van der Waals surface area contributed by atoms with E-state index in [1.165, 1.54) is 12.4 Å². The number of alkyl halides is 6. The quantitative estimate of drug-likeness (QED) is 0.210. The lowest BCUT2D eigenvalue weighted by atomic mass is 9.66.